The quantitative estimate of drug-likeness (QED) is 0.211. The molecule has 0 saturated carbocycles. The van der Waals surface area contributed by atoms with E-state index in [4.69, 9.17) is 0 Å². The van der Waals surface area contributed by atoms with E-state index in [1.54, 1.807) is 30.3 Å². The van der Waals surface area contributed by atoms with Gasteiger partial charge in [-0.3, -0.25) is 29.3 Å². The molecule has 40 heavy (non-hydrogen) atoms. The molecular weight excluding hydrogens is 520 g/mol. The summed E-state index contributed by atoms with van der Waals surface area (Å²) < 4.78 is 27.0. The molecule has 1 aliphatic rings. The lowest BCUT2D eigenvalue weighted by molar-refractivity contribution is -0.138. The van der Waals surface area contributed by atoms with Gasteiger partial charge in [-0.25, -0.2) is 8.78 Å². The minimum atomic E-state index is -1.19. The summed E-state index contributed by atoms with van der Waals surface area (Å²) in [5.41, 5.74) is 0.771. The van der Waals surface area contributed by atoms with Gasteiger partial charge in [0.25, 0.3) is 0 Å². The summed E-state index contributed by atoms with van der Waals surface area (Å²) in [6.45, 7) is 5.24. The largest absolute Gasteiger partial charge is 0.346 e. The lowest BCUT2D eigenvalue weighted by Gasteiger charge is -2.28. The molecule has 0 radical (unpaired) electrons. The molecule has 0 spiro atoms. The average Bonchev–Trinajstić information content (AvgIpc) is 3.17. The van der Waals surface area contributed by atoms with Crippen LogP contribution >= 0.6 is 0 Å². The molecule has 3 N–H and O–H groups in total. The van der Waals surface area contributed by atoms with Gasteiger partial charge in [-0.1, -0.05) is 63.9 Å². The van der Waals surface area contributed by atoms with Crippen molar-refractivity contribution in [1.82, 2.24) is 16.0 Å². The van der Waals surface area contributed by atoms with Crippen LogP contribution in [0.4, 0.5) is 8.78 Å². The fourth-order valence-electron chi connectivity index (χ4n) is 4.86. The highest BCUT2D eigenvalue weighted by Crippen LogP contribution is 2.26. The van der Waals surface area contributed by atoms with Crippen LogP contribution in [0.15, 0.2) is 54.6 Å². The highest BCUT2D eigenvalue weighted by molar-refractivity contribution is 6.16. The van der Waals surface area contributed by atoms with Crippen LogP contribution in [0.1, 0.15) is 57.2 Å². The van der Waals surface area contributed by atoms with Crippen molar-refractivity contribution in [1.29, 1.82) is 0 Å². The molecule has 212 valence electrons. The van der Waals surface area contributed by atoms with Gasteiger partial charge in [0, 0.05) is 12.1 Å². The first kappa shape index (κ1) is 30.3. The molecule has 1 aliphatic heterocycles. The molecule has 1 saturated heterocycles. The Balaban J connectivity index is 1.78. The van der Waals surface area contributed by atoms with E-state index in [1.807, 2.05) is 13.8 Å². The molecule has 0 aromatic heterocycles. The van der Waals surface area contributed by atoms with Gasteiger partial charge >= 0.3 is 0 Å². The van der Waals surface area contributed by atoms with Crippen molar-refractivity contribution < 1.29 is 32.8 Å². The van der Waals surface area contributed by atoms with E-state index >= 15 is 0 Å². The first-order valence-electron chi connectivity index (χ1n) is 13.2. The van der Waals surface area contributed by atoms with Crippen molar-refractivity contribution in [3.63, 3.8) is 0 Å². The van der Waals surface area contributed by atoms with Gasteiger partial charge in [0.1, 0.15) is 17.6 Å². The van der Waals surface area contributed by atoms with E-state index in [9.17, 15) is 32.8 Å². The second-order valence-electron chi connectivity index (χ2n) is 9.86. The molecule has 1 fully saturated rings. The Labute approximate surface area is 231 Å². The van der Waals surface area contributed by atoms with Gasteiger partial charge in [-0.05, 0) is 35.3 Å². The average molecular weight is 554 g/mol. The summed E-state index contributed by atoms with van der Waals surface area (Å²) in [4.78, 5) is 63.8. The summed E-state index contributed by atoms with van der Waals surface area (Å²) in [6, 6.07) is 9.78. The standard InChI is InChI=1S/C30H33F2N3O5/c1-4-19(5-2)27(28(38)26-17(3)29(39)35-30(26)40)34-25(37)16-23(20-9-7-6-8-10-20)33-24(36)12-11-18-13-21(31)15-22(32)14-18/h6-15,17,19,23,26-27H,4-5,16H2,1-3H3,(H,33,36)(H,34,37)(H,35,39,40)/b12-11+/t17-,23-,26+,27?/m0/s1. The summed E-state index contributed by atoms with van der Waals surface area (Å²) >= 11 is 0. The third-order valence-electron chi connectivity index (χ3n) is 7.11. The van der Waals surface area contributed by atoms with Gasteiger partial charge in [-0.15, -0.1) is 0 Å². The number of ketones is 1. The topological polar surface area (TPSA) is 121 Å². The number of carbonyl (C=O) groups is 5. The summed E-state index contributed by atoms with van der Waals surface area (Å²) in [7, 11) is 0. The monoisotopic (exact) mass is 553 g/mol. The van der Waals surface area contributed by atoms with E-state index in [0.717, 1.165) is 24.3 Å². The normalized spacial score (nSPS) is 18.4. The van der Waals surface area contributed by atoms with Crippen molar-refractivity contribution in [3.8, 4) is 0 Å². The zero-order valence-electron chi connectivity index (χ0n) is 22.6. The molecule has 3 rings (SSSR count). The van der Waals surface area contributed by atoms with Gasteiger partial charge in [0.05, 0.1) is 24.4 Å². The smallest absolute Gasteiger partial charge is 0.244 e. The minimum Gasteiger partial charge on any atom is -0.346 e. The fourth-order valence-corrected chi connectivity index (χ4v) is 4.86. The van der Waals surface area contributed by atoms with Crippen LogP contribution in [0.2, 0.25) is 0 Å². The highest BCUT2D eigenvalue weighted by Gasteiger charge is 2.46. The van der Waals surface area contributed by atoms with Crippen LogP contribution in [0, 0.1) is 29.4 Å². The Hall–Kier alpha value is -4.21. The van der Waals surface area contributed by atoms with Crippen LogP contribution < -0.4 is 16.0 Å². The molecule has 10 heteroatoms. The predicted molar refractivity (Wildman–Crippen MR) is 144 cm³/mol. The van der Waals surface area contributed by atoms with Crippen molar-refractivity contribution in [3.05, 3.63) is 77.4 Å². The molecule has 1 heterocycles. The second kappa shape index (κ2) is 13.7. The number of carbonyl (C=O) groups excluding carboxylic acids is 5. The summed E-state index contributed by atoms with van der Waals surface area (Å²) in [5, 5.41) is 7.67. The van der Waals surface area contributed by atoms with Crippen LogP contribution in [0.3, 0.4) is 0 Å². The Morgan fingerprint density at radius 2 is 1.57 bits per heavy atom. The van der Waals surface area contributed by atoms with E-state index in [2.05, 4.69) is 16.0 Å². The first-order valence-corrected chi connectivity index (χ1v) is 13.2. The SMILES string of the molecule is CCC(CC)C(NC(=O)C[C@H](NC(=O)/C=C/c1cc(F)cc(F)c1)c1ccccc1)C(=O)[C@@H]1C(=O)NC(=O)[C@H]1C. The van der Waals surface area contributed by atoms with Gasteiger partial charge in [0.2, 0.25) is 23.6 Å². The highest BCUT2D eigenvalue weighted by atomic mass is 19.1. The molecule has 0 bridgehead atoms. The Kier molecular flexibility index (Phi) is 10.4. The zero-order valence-corrected chi connectivity index (χ0v) is 22.6. The van der Waals surface area contributed by atoms with E-state index in [-0.39, 0.29) is 17.9 Å². The van der Waals surface area contributed by atoms with Crippen LogP contribution in [0.25, 0.3) is 6.08 Å². The van der Waals surface area contributed by atoms with Gasteiger partial charge in [-0.2, -0.15) is 0 Å². The van der Waals surface area contributed by atoms with Crippen molar-refractivity contribution in [2.45, 2.75) is 52.1 Å². The van der Waals surface area contributed by atoms with Crippen LogP contribution in [0.5, 0.6) is 0 Å². The van der Waals surface area contributed by atoms with Gasteiger partial charge in [0.15, 0.2) is 5.78 Å². The van der Waals surface area contributed by atoms with E-state index < -0.39 is 65.0 Å². The van der Waals surface area contributed by atoms with Crippen LogP contribution in [-0.4, -0.2) is 35.5 Å². The zero-order chi connectivity index (χ0) is 29.4. The molecular formula is C30H33F2N3O5. The van der Waals surface area contributed by atoms with Crippen molar-refractivity contribution in [2.75, 3.05) is 0 Å². The maximum Gasteiger partial charge on any atom is 0.244 e. The summed E-state index contributed by atoms with van der Waals surface area (Å²) in [6.07, 6.45) is 3.23. The number of hydrogen-bond acceptors (Lipinski definition) is 5. The number of rotatable bonds is 12. The Bertz CT molecular complexity index is 1270. The van der Waals surface area contributed by atoms with Crippen LogP contribution in [-0.2, 0) is 24.0 Å². The van der Waals surface area contributed by atoms with Gasteiger partial charge < -0.3 is 10.6 Å². The lowest BCUT2D eigenvalue weighted by Crippen LogP contribution is -2.50. The maximum atomic E-state index is 13.5. The summed E-state index contributed by atoms with van der Waals surface area (Å²) in [5.74, 6) is -6.74. The minimum absolute atomic E-state index is 0.150. The second-order valence-corrected chi connectivity index (χ2v) is 9.86. The molecule has 1 unspecified atom stereocenters. The molecule has 2 aromatic rings. The molecule has 4 amide bonds. The lowest BCUT2D eigenvalue weighted by atomic mass is 9.82. The molecule has 4 atom stereocenters. The predicted octanol–water partition coefficient (Wildman–Crippen LogP) is 3.62. The third-order valence-corrected chi connectivity index (χ3v) is 7.11. The number of benzene rings is 2. The Morgan fingerprint density at radius 1 is 0.950 bits per heavy atom. The molecule has 0 aliphatic carbocycles. The van der Waals surface area contributed by atoms with Crippen molar-refractivity contribution in [2.24, 2.45) is 17.8 Å². The fraction of sp³-hybridized carbons (Fsp3) is 0.367. The molecule has 8 nitrogen and oxygen atoms in total. The van der Waals surface area contributed by atoms with Crippen molar-refractivity contribution >= 4 is 35.5 Å². The number of halogens is 2. The number of Topliss-reactive ketones (excluding diaryl/α,β-unsaturated/α-hetero) is 1. The number of nitrogens with one attached hydrogen (secondary N) is 3. The molecule has 2 aromatic carbocycles. The first-order chi connectivity index (χ1) is 19.0. The Morgan fingerprint density at radius 3 is 2.12 bits per heavy atom. The maximum absolute atomic E-state index is 13.5. The number of amides is 4. The van der Waals surface area contributed by atoms with E-state index in [0.29, 0.717) is 18.4 Å². The van der Waals surface area contributed by atoms with E-state index in [1.165, 1.54) is 13.0 Å². The number of imide groups is 1. The third kappa shape index (κ3) is 7.68. The number of hydrogen-bond donors (Lipinski definition) is 3.